The smallest absolute Gasteiger partial charge is 0.410 e. The highest BCUT2D eigenvalue weighted by Gasteiger charge is 2.28. The topological polar surface area (TPSA) is 64.5 Å². The zero-order chi connectivity index (χ0) is 15.5. The van der Waals surface area contributed by atoms with E-state index in [1.165, 1.54) is 12.4 Å². The molecule has 1 aromatic heterocycles. The summed E-state index contributed by atoms with van der Waals surface area (Å²) in [5.41, 5.74) is -0.496. The molecule has 0 aromatic carbocycles. The molecule has 1 aliphatic rings. The lowest BCUT2D eigenvalue weighted by Crippen LogP contribution is -2.46. The second kappa shape index (κ2) is 6.47. The molecule has 1 saturated heterocycles. The molecule has 2 rings (SSSR count). The first-order valence-electron chi connectivity index (χ1n) is 6.95. The van der Waals surface area contributed by atoms with Crippen molar-refractivity contribution in [1.29, 1.82) is 0 Å². The van der Waals surface area contributed by atoms with Gasteiger partial charge in [-0.15, -0.1) is 0 Å². The summed E-state index contributed by atoms with van der Waals surface area (Å²) < 4.78 is 11.1. The van der Waals surface area contributed by atoms with Crippen molar-refractivity contribution in [3.05, 3.63) is 17.4 Å². The first-order valence-corrected chi connectivity index (χ1v) is 7.33. The molecule has 1 atom stereocenters. The highest BCUT2D eigenvalue weighted by Crippen LogP contribution is 2.18. The Bertz CT molecular complexity index is 487. The molecule has 0 aliphatic carbocycles. The number of piperidine rings is 1. The van der Waals surface area contributed by atoms with Crippen molar-refractivity contribution in [3.8, 4) is 6.01 Å². The Morgan fingerprint density at radius 2 is 2.05 bits per heavy atom. The largest absolute Gasteiger partial charge is 0.458 e. The molecule has 2 heterocycles. The first kappa shape index (κ1) is 15.8. The van der Waals surface area contributed by atoms with Crippen LogP contribution in [0.4, 0.5) is 4.79 Å². The van der Waals surface area contributed by atoms with Gasteiger partial charge in [0.2, 0.25) is 0 Å². The van der Waals surface area contributed by atoms with Crippen LogP contribution < -0.4 is 4.74 Å². The zero-order valence-electron chi connectivity index (χ0n) is 12.5. The van der Waals surface area contributed by atoms with Crippen molar-refractivity contribution in [2.75, 3.05) is 13.1 Å². The van der Waals surface area contributed by atoms with Gasteiger partial charge < -0.3 is 14.4 Å². The van der Waals surface area contributed by atoms with Crippen LogP contribution in [0.3, 0.4) is 0 Å². The summed E-state index contributed by atoms with van der Waals surface area (Å²) in [4.78, 5) is 21.7. The summed E-state index contributed by atoms with van der Waals surface area (Å²) in [5, 5.41) is 0.460. The predicted octanol–water partition coefficient (Wildman–Crippen LogP) is 2.91. The van der Waals surface area contributed by atoms with E-state index in [9.17, 15) is 4.79 Å². The number of likely N-dealkylation sites (tertiary alicyclic amines) is 1. The van der Waals surface area contributed by atoms with E-state index < -0.39 is 5.60 Å². The maximum atomic E-state index is 12.1. The van der Waals surface area contributed by atoms with Crippen LogP contribution in [0, 0.1) is 0 Å². The zero-order valence-corrected chi connectivity index (χ0v) is 13.3. The summed E-state index contributed by atoms with van der Waals surface area (Å²) in [6, 6.07) is 0.274. The van der Waals surface area contributed by atoms with Gasteiger partial charge in [0.15, 0.2) is 0 Å². The summed E-state index contributed by atoms with van der Waals surface area (Å²) in [6.45, 7) is 6.70. The SMILES string of the molecule is CC(C)(C)OC(=O)N1CCC[C@H](Oc2ncc(Cl)cn2)C1. The summed E-state index contributed by atoms with van der Waals surface area (Å²) in [7, 11) is 0. The van der Waals surface area contributed by atoms with Crippen LogP contribution in [0.2, 0.25) is 5.02 Å². The van der Waals surface area contributed by atoms with Crippen molar-refractivity contribution < 1.29 is 14.3 Å². The van der Waals surface area contributed by atoms with Gasteiger partial charge in [0.05, 0.1) is 24.0 Å². The molecular formula is C14H20ClN3O3. The second-order valence-electron chi connectivity index (χ2n) is 5.99. The van der Waals surface area contributed by atoms with Gasteiger partial charge in [0.1, 0.15) is 11.7 Å². The quantitative estimate of drug-likeness (QED) is 0.840. The minimum Gasteiger partial charge on any atom is -0.458 e. The number of hydrogen-bond acceptors (Lipinski definition) is 5. The van der Waals surface area contributed by atoms with E-state index in [-0.39, 0.29) is 18.2 Å². The van der Waals surface area contributed by atoms with Crippen molar-refractivity contribution in [2.24, 2.45) is 0 Å². The van der Waals surface area contributed by atoms with Crippen LogP contribution in [0.15, 0.2) is 12.4 Å². The van der Waals surface area contributed by atoms with Crippen LogP contribution >= 0.6 is 11.6 Å². The number of nitrogens with zero attached hydrogens (tertiary/aromatic N) is 3. The van der Waals surface area contributed by atoms with Crippen LogP contribution in [0.5, 0.6) is 6.01 Å². The Morgan fingerprint density at radius 1 is 1.38 bits per heavy atom. The van der Waals surface area contributed by atoms with E-state index in [2.05, 4.69) is 9.97 Å². The van der Waals surface area contributed by atoms with Crippen LogP contribution in [-0.4, -0.2) is 45.8 Å². The van der Waals surface area contributed by atoms with Gasteiger partial charge in [-0.3, -0.25) is 0 Å². The van der Waals surface area contributed by atoms with Gasteiger partial charge in [-0.1, -0.05) is 11.6 Å². The van der Waals surface area contributed by atoms with Crippen molar-refractivity contribution in [1.82, 2.24) is 14.9 Å². The van der Waals surface area contributed by atoms with Gasteiger partial charge in [-0.2, -0.15) is 0 Å². The van der Waals surface area contributed by atoms with Gasteiger partial charge >= 0.3 is 12.1 Å². The van der Waals surface area contributed by atoms with Crippen molar-refractivity contribution >= 4 is 17.7 Å². The van der Waals surface area contributed by atoms with Crippen LogP contribution in [-0.2, 0) is 4.74 Å². The highest BCUT2D eigenvalue weighted by molar-refractivity contribution is 6.30. The third kappa shape index (κ3) is 5.04. The van der Waals surface area contributed by atoms with E-state index in [1.807, 2.05) is 20.8 Å². The summed E-state index contributed by atoms with van der Waals surface area (Å²) in [5.74, 6) is 0. The Labute approximate surface area is 129 Å². The Hall–Kier alpha value is -1.56. The minimum atomic E-state index is -0.496. The molecule has 0 N–H and O–H groups in total. The lowest BCUT2D eigenvalue weighted by atomic mass is 10.1. The molecule has 1 amide bonds. The summed E-state index contributed by atoms with van der Waals surface area (Å²) >= 11 is 5.73. The molecule has 116 valence electrons. The number of ether oxygens (including phenoxy) is 2. The molecule has 0 unspecified atom stereocenters. The van der Waals surface area contributed by atoms with E-state index in [1.54, 1.807) is 4.90 Å². The van der Waals surface area contributed by atoms with Crippen molar-refractivity contribution in [3.63, 3.8) is 0 Å². The average molecular weight is 314 g/mol. The molecule has 0 spiro atoms. The standard InChI is InChI=1S/C14H20ClN3O3/c1-14(2,3)21-13(19)18-6-4-5-11(9-18)20-12-16-7-10(15)8-17-12/h7-8,11H,4-6,9H2,1-3H3/t11-/m0/s1. The molecule has 1 aromatic rings. The fourth-order valence-corrected chi connectivity index (χ4v) is 2.13. The predicted molar refractivity (Wildman–Crippen MR) is 78.5 cm³/mol. The number of halogens is 1. The van der Waals surface area contributed by atoms with E-state index in [0.29, 0.717) is 18.1 Å². The Balaban J connectivity index is 1.91. The van der Waals surface area contributed by atoms with Crippen LogP contribution in [0.1, 0.15) is 33.6 Å². The number of hydrogen-bond donors (Lipinski definition) is 0. The molecule has 0 bridgehead atoms. The van der Waals surface area contributed by atoms with Crippen molar-refractivity contribution in [2.45, 2.75) is 45.3 Å². The number of rotatable bonds is 2. The van der Waals surface area contributed by atoms with Gasteiger partial charge in [0, 0.05) is 6.54 Å². The Morgan fingerprint density at radius 3 is 2.67 bits per heavy atom. The van der Waals surface area contributed by atoms with Gasteiger partial charge in [-0.05, 0) is 33.6 Å². The van der Waals surface area contributed by atoms with E-state index in [0.717, 1.165) is 12.8 Å². The van der Waals surface area contributed by atoms with E-state index >= 15 is 0 Å². The molecule has 21 heavy (non-hydrogen) atoms. The average Bonchev–Trinajstić information content (AvgIpc) is 2.40. The monoisotopic (exact) mass is 313 g/mol. The van der Waals surface area contributed by atoms with E-state index in [4.69, 9.17) is 21.1 Å². The van der Waals surface area contributed by atoms with Gasteiger partial charge in [0.25, 0.3) is 0 Å². The highest BCUT2D eigenvalue weighted by atomic mass is 35.5. The fourth-order valence-electron chi connectivity index (χ4n) is 2.04. The third-order valence-electron chi connectivity index (χ3n) is 2.90. The maximum Gasteiger partial charge on any atom is 0.410 e. The number of carbonyl (C=O) groups is 1. The van der Waals surface area contributed by atoms with Gasteiger partial charge in [-0.25, -0.2) is 14.8 Å². The molecule has 1 fully saturated rings. The molecule has 0 saturated carbocycles. The minimum absolute atomic E-state index is 0.132. The molecule has 6 nitrogen and oxygen atoms in total. The summed E-state index contributed by atoms with van der Waals surface area (Å²) in [6.07, 6.45) is 4.24. The lowest BCUT2D eigenvalue weighted by molar-refractivity contribution is 0.00660. The maximum absolute atomic E-state index is 12.1. The number of carbonyl (C=O) groups excluding carboxylic acids is 1. The number of amides is 1. The number of aromatic nitrogens is 2. The molecular weight excluding hydrogens is 294 g/mol. The Kier molecular flexibility index (Phi) is 4.88. The normalized spacial score (nSPS) is 19.2. The third-order valence-corrected chi connectivity index (χ3v) is 3.09. The van der Waals surface area contributed by atoms with Crippen LogP contribution in [0.25, 0.3) is 0 Å². The first-order chi connectivity index (χ1) is 9.83. The molecule has 1 aliphatic heterocycles. The molecule has 0 radical (unpaired) electrons. The lowest BCUT2D eigenvalue weighted by Gasteiger charge is -2.33. The fraction of sp³-hybridized carbons (Fsp3) is 0.643. The molecule has 7 heteroatoms. The second-order valence-corrected chi connectivity index (χ2v) is 6.43.